The van der Waals surface area contributed by atoms with Crippen LogP contribution in [0.1, 0.15) is 43.7 Å². The number of fused-ring (bicyclic) bond motifs is 3. The van der Waals surface area contributed by atoms with E-state index in [1.165, 1.54) is 84.9 Å². The maximum absolute atomic E-state index is 3.16. The molecule has 0 fully saturated rings. The van der Waals surface area contributed by atoms with Crippen molar-refractivity contribution in [2.24, 2.45) is 0 Å². The van der Waals surface area contributed by atoms with E-state index in [4.69, 9.17) is 0 Å². The first-order valence-electron chi connectivity index (χ1n) is 12.7. The molecule has 6 rings (SSSR count). The molecule has 0 aromatic heterocycles. The van der Waals surface area contributed by atoms with Crippen LogP contribution in [0.15, 0.2) is 133 Å². The molecule has 0 spiro atoms. The Hall–Kier alpha value is -2.44. The van der Waals surface area contributed by atoms with Crippen molar-refractivity contribution in [3.8, 4) is 0 Å². The summed E-state index contributed by atoms with van der Waals surface area (Å²) in [5.74, 6) is 0. The normalized spacial score (nSPS) is 11.3. The van der Waals surface area contributed by atoms with Gasteiger partial charge in [-0.05, 0) is 0 Å². The van der Waals surface area contributed by atoms with Gasteiger partial charge < -0.3 is 24.8 Å². The molecular formula is C35H32Cl2Zr-2. The molecule has 5 aromatic rings. The smallest absolute Gasteiger partial charge is 0.0771 e. The molecule has 3 heteroatoms. The van der Waals surface area contributed by atoms with Crippen LogP contribution in [-0.4, -0.2) is 3.21 Å². The van der Waals surface area contributed by atoms with Crippen LogP contribution in [0.4, 0.5) is 0 Å². The second-order valence-electron chi connectivity index (χ2n) is 8.86. The Kier molecular flexibility index (Phi) is 14.4. The van der Waals surface area contributed by atoms with Gasteiger partial charge in [0.15, 0.2) is 0 Å². The number of hydrogen-bond acceptors (Lipinski definition) is 0. The van der Waals surface area contributed by atoms with Crippen LogP contribution in [0, 0.1) is 6.08 Å². The van der Waals surface area contributed by atoms with Crippen LogP contribution < -0.4 is 24.8 Å². The van der Waals surface area contributed by atoms with Crippen LogP contribution in [0.5, 0.6) is 0 Å². The summed E-state index contributed by atoms with van der Waals surface area (Å²) in [5.41, 5.74) is 4.14. The quantitative estimate of drug-likeness (QED) is 0.267. The van der Waals surface area contributed by atoms with E-state index in [1.807, 2.05) is 0 Å². The molecule has 0 radical (unpaired) electrons. The number of unbranched alkanes of at least 4 members (excludes halogenated alkanes) is 1. The number of hydrogen-bond donors (Lipinski definition) is 0. The monoisotopic (exact) mass is 612 g/mol. The fourth-order valence-electron chi connectivity index (χ4n) is 4.27. The first kappa shape index (κ1) is 31.8. The maximum atomic E-state index is 3.16. The van der Waals surface area contributed by atoms with E-state index in [9.17, 15) is 0 Å². The van der Waals surface area contributed by atoms with Gasteiger partial charge in [0.05, 0.1) is 0 Å². The third-order valence-electron chi connectivity index (χ3n) is 6.24. The van der Waals surface area contributed by atoms with Gasteiger partial charge in [-0.25, -0.2) is 11.6 Å². The van der Waals surface area contributed by atoms with Crippen molar-refractivity contribution in [3.63, 3.8) is 0 Å². The summed E-state index contributed by atoms with van der Waals surface area (Å²) in [7, 11) is 0. The Morgan fingerprint density at radius 1 is 0.711 bits per heavy atom. The Morgan fingerprint density at radius 2 is 1.18 bits per heavy atom. The van der Waals surface area contributed by atoms with Gasteiger partial charge in [-0.15, -0.1) is 46.2 Å². The number of halogens is 2. The standard InChI is InChI=1S/C13H9.C13H10.C9H13.2ClH.Zr/c1-3-7-12-10(5-1)9-11-6-2-4-8-13(11)12;1-3-7-12(8-4-1)11-13-9-5-2-6-10-13;1-2-3-6-9-7-4-5-8-9;;;/h1-9H;1-10H;7-8H,2-4,6H2,1H3;2*1H;/q-1;;-1;;;+2/p-2. The fourth-order valence-corrected chi connectivity index (χ4v) is 5.09. The summed E-state index contributed by atoms with van der Waals surface area (Å²) in [5, 5.41) is 5.39. The van der Waals surface area contributed by atoms with Gasteiger partial charge in [-0.2, -0.15) is 6.08 Å². The predicted molar refractivity (Wildman–Crippen MR) is 153 cm³/mol. The molecule has 0 amide bonds. The SMILES string of the molecule is CCCCC1=CC[C-]=C1.[Cl-].[Cl-].[Zr+2]=[C](c1ccccc1)c1ccccc1.c1ccc2c(c1)[cH-]c1ccccc12. The van der Waals surface area contributed by atoms with Crippen molar-refractivity contribution in [2.75, 3.05) is 0 Å². The molecule has 0 bridgehead atoms. The predicted octanol–water partition coefficient (Wildman–Crippen LogP) is 3.39. The van der Waals surface area contributed by atoms with E-state index < -0.39 is 0 Å². The van der Waals surface area contributed by atoms with Crippen molar-refractivity contribution in [1.29, 1.82) is 0 Å². The van der Waals surface area contributed by atoms with Crippen LogP contribution >= 0.6 is 0 Å². The Balaban J connectivity index is 0.000000200. The van der Waals surface area contributed by atoms with Crippen LogP contribution in [0.2, 0.25) is 0 Å². The average Bonchev–Trinajstić information content (AvgIpc) is 3.61. The third kappa shape index (κ3) is 9.09. The van der Waals surface area contributed by atoms with E-state index in [0.29, 0.717) is 0 Å². The van der Waals surface area contributed by atoms with E-state index in [-0.39, 0.29) is 24.8 Å². The van der Waals surface area contributed by atoms with Crippen LogP contribution in [-0.2, 0) is 24.2 Å². The van der Waals surface area contributed by atoms with E-state index in [2.05, 4.69) is 140 Å². The van der Waals surface area contributed by atoms with E-state index in [0.717, 1.165) is 6.42 Å². The van der Waals surface area contributed by atoms with Gasteiger partial charge in [0.1, 0.15) is 0 Å². The summed E-state index contributed by atoms with van der Waals surface area (Å²) >= 11 is 1.46. The molecule has 0 N–H and O–H groups in total. The molecular weight excluding hydrogens is 583 g/mol. The topological polar surface area (TPSA) is 0 Å². The number of allylic oxidation sites excluding steroid dienone is 4. The van der Waals surface area contributed by atoms with Gasteiger partial charge in [-0.3, -0.25) is 6.08 Å². The zero-order chi connectivity index (χ0) is 25.0. The molecule has 1 aliphatic rings. The van der Waals surface area contributed by atoms with Crippen LogP contribution in [0.25, 0.3) is 21.5 Å². The molecule has 0 saturated carbocycles. The Labute approximate surface area is 255 Å². The zero-order valence-electron chi connectivity index (χ0n) is 21.7. The Morgan fingerprint density at radius 3 is 1.63 bits per heavy atom. The molecule has 0 saturated heterocycles. The van der Waals surface area contributed by atoms with E-state index in [1.54, 1.807) is 0 Å². The molecule has 0 unspecified atom stereocenters. The summed E-state index contributed by atoms with van der Waals surface area (Å²) in [4.78, 5) is 0. The molecule has 0 aliphatic heterocycles. The molecule has 0 nitrogen and oxygen atoms in total. The second-order valence-corrected chi connectivity index (χ2v) is 10.1. The average molecular weight is 615 g/mol. The minimum Gasteiger partial charge on any atom is -0.126 e. The number of rotatable bonds is 5. The van der Waals surface area contributed by atoms with E-state index >= 15 is 0 Å². The van der Waals surface area contributed by atoms with Crippen molar-refractivity contribution in [2.45, 2.75) is 32.6 Å². The minimum atomic E-state index is 0. The summed E-state index contributed by atoms with van der Waals surface area (Å²) in [6, 6.07) is 40.4. The van der Waals surface area contributed by atoms with Gasteiger partial charge in [0, 0.05) is 0 Å². The molecule has 1 aliphatic carbocycles. The molecule has 0 heterocycles. The van der Waals surface area contributed by atoms with Crippen molar-refractivity contribution in [3.05, 3.63) is 150 Å². The van der Waals surface area contributed by atoms with Crippen LogP contribution in [0.3, 0.4) is 0 Å². The minimum absolute atomic E-state index is 0. The molecule has 5 aromatic carbocycles. The Bertz CT molecular complexity index is 1360. The fraction of sp³-hybridized carbons (Fsp3) is 0.143. The van der Waals surface area contributed by atoms with Crippen molar-refractivity contribution >= 4 is 24.8 Å². The van der Waals surface area contributed by atoms with Crippen molar-refractivity contribution in [1.82, 2.24) is 0 Å². The summed E-state index contributed by atoms with van der Waals surface area (Å²) in [6.07, 6.45) is 12.5. The maximum Gasteiger partial charge on any atom is -0.0771 e. The van der Waals surface area contributed by atoms with Gasteiger partial charge >= 0.3 is 99.2 Å². The van der Waals surface area contributed by atoms with Crippen molar-refractivity contribution < 1.29 is 49.0 Å². The van der Waals surface area contributed by atoms with Gasteiger partial charge in [-0.1, -0.05) is 62.6 Å². The van der Waals surface area contributed by atoms with Gasteiger partial charge in [0.2, 0.25) is 0 Å². The molecule has 192 valence electrons. The second kappa shape index (κ2) is 17.2. The summed E-state index contributed by atoms with van der Waals surface area (Å²) in [6.45, 7) is 2.23. The number of benzene rings is 4. The first-order valence-corrected chi connectivity index (χ1v) is 14.0. The molecule has 0 atom stereocenters. The summed E-state index contributed by atoms with van der Waals surface area (Å²) < 4.78 is 1.42. The third-order valence-corrected chi connectivity index (χ3v) is 7.66. The zero-order valence-corrected chi connectivity index (χ0v) is 25.7. The first-order chi connectivity index (χ1) is 17.8. The molecule has 38 heavy (non-hydrogen) atoms. The van der Waals surface area contributed by atoms with Gasteiger partial charge in [0.25, 0.3) is 0 Å². The largest absolute Gasteiger partial charge is 0.126 e.